The van der Waals surface area contributed by atoms with Crippen LogP contribution >= 0.6 is 0 Å². The molecule has 0 radical (unpaired) electrons. The van der Waals surface area contributed by atoms with Gasteiger partial charge in [0.15, 0.2) is 5.56 Å². The van der Waals surface area contributed by atoms with Gasteiger partial charge in [0.25, 0.3) is 11.5 Å². The smallest absolute Gasteiger partial charge is 0.334 e. The number of hydrogen-bond acceptors (Lipinski definition) is 5. The van der Waals surface area contributed by atoms with E-state index in [4.69, 9.17) is 5.11 Å². The number of nitrogens with one attached hydrogen (secondary N) is 1. The molecule has 3 rings (SSSR count). The molecule has 0 aliphatic heterocycles. The summed E-state index contributed by atoms with van der Waals surface area (Å²) < 4.78 is 2.10. The van der Waals surface area contributed by atoms with Crippen LogP contribution in [0.4, 0.5) is 0 Å². The molecule has 1 aliphatic rings. The number of aromatic nitrogens is 2. The minimum absolute atomic E-state index is 0.0537. The van der Waals surface area contributed by atoms with Crippen LogP contribution in [0.2, 0.25) is 0 Å². The lowest BCUT2D eigenvalue weighted by Crippen LogP contribution is -2.46. The van der Waals surface area contributed by atoms with Gasteiger partial charge in [-0.2, -0.15) is 0 Å². The van der Waals surface area contributed by atoms with E-state index in [1.165, 1.54) is 0 Å². The summed E-state index contributed by atoms with van der Waals surface area (Å²) in [6.45, 7) is 4.97. The maximum absolute atomic E-state index is 13.4. The van der Waals surface area contributed by atoms with Crippen LogP contribution in [0.15, 0.2) is 21.7 Å². The molecule has 9 heteroatoms. The second-order valence-corrected chi connectivity index (χ2v) is 8.49. The van der Waals surface area contributed by atoms with Gasteiger partial charge in [0, 0.05) is 6.04 Å². The third-order valence-corrected chi connectivity index (χ3v) is 6.07. The summed E-state index contributed by atoms with van der Waals surface area (Å²) in [7, 11) is 0. The van der Waals surface area contributed by atoms with Crippen molar-refractivity contribution in [3.63, 3.8) is 0 Å². The Labute approximate surface area is 185 Å². The van der Waals surface area contributed by atoms with E-state index in [0.29, 0.717) is 12.8 Å². The number of hydrogen-bond donors (Lipinski definition) is 3. The first-order valence-electron chi connectivity index (χ1n) is 10.8. The molecule has 0 saturated heterocycles. The molecular weight excluding hydrogens is 414 g/mol. The number of benzene rings is 1. The fourth-order valence-electron chi connectivity index (χ4n) is 4.53. The van der Waals surface area contributed by atoms with Gasteiger partial charge in [0.2, 0.25) is 5.88 Å². The van der Waals surface area contributed by atoms with Crippen molar-refractivity contribution in [2.75, 3.05) is 6.54 Å². The number of carbonyl (C=O) groups excluding carboxylic acids is 1. The van der Waals surface area contributed by atoms with Gasteiger partial charge < -0.3 is 15.5 Å². The molecule has 1 saturated carbocycles. The zero-order valence-corrected chi connectivity index (χ0v) is 18.6. The molecular formula is C23H29N3O6. The summed E-state index contributed by atoms with van der Waals surface area (Å²) >= 11 is 0. The van der Waals surface area contributed by atoms with E-state index in [9.17, 15) is 24.3 Å². The van der Waals surface area contributed by atoms with Crippen molar-refractivity contribution >= 4 is 11.9 Å². The lowest BCUT2D eigenvalue weighted by Gasteiger charge is -2.26. The Morgan fingerprint density at radius 1 is 1.06 bits per heavy atom. The van der Waals surface area contributed by atoms with Crippen molar-refractivity contribution in [3.05, 3.63) is 60.8 Å². The van der Waals surface area contributed by atoms with Crippen molar-refractivity contribution in [2.24, 2.45) is 0 Å². The molecule has 3 N–H and O–H groups in total. The number of carboxylic acid groups (broad SMARTS) is 1. The Morgan fingerprint density at radius 2 is 1.66 bits per heavy atom. The molecule has 9 nitrogen and oxygen atoms in total. The standard InChI is InChI=1S/C23H29N3O6/c1-13-9-14(2)17(15(3)10-13)12-25-21(30)19(20(29)24-11-18(27)28)22(31)26(23(25)32)16-7-5-4-6-8-16/h9-10,16,31H,4-8,11-12H2,1-3H3,(H,24,29)(H,27,28). The predicted octanol–water partition coefficient (Wildman–Crippen LogP) is 2.01. The van der Waals surface area contributed by atoms with Crippen LogP contribution in [0.5, 0.6) is 5.88 Å². The number of aromatic hydroxyl groups is 1. The van der Waals surface area contributed by atoms with E-state index in [1.54, 1.807) is 0 Å². The van der Waals surface area contributed by atoms with Crippen LogP contribution < -0.4 is 16.6 Å². The molecule has 32 heavy (non-hydrogen) atoms. The molecule has 1 amide bonds. The van der Waals surface area contributed by atoms with Crippen molar-refractivity contribution < 1.29 is 19.8 Å². The first-order chi connectivity index (χ1) is 15.1. The van der Waals surface area contributed by atoms with Gasteiger partial charge in [-0.05, 0) is 50.3 Å². The maximum Gasteiger partial charge on any atom is 0.334 e. The summed E-state index contributed by atoms with van der Waals surface area (Å²) in [6, 6.07) is 3.57. The quantitative estimate of drug-likeness (QED) is 0.626. The highest BCUT2D eigenvalue weighted by atomic mass is 16.4. The van der Waals surface area contributed by atoms with Gasteiger partial charge in [-0.3, -0.25) is 23.5 Å². The number of amides is 1. The Morgan fingerprint density at radius 3 is 2.22 bits per heavy atom. The fraction of sp³-hybridized carbons (Fsp3) is 0.478. The van der Waals surface area contributed by atoms with Crippen LogP contribution in [-0.4, -0.2) is 37.8 Å². The van der Waals surface area contributed by atoms with Crippen molar-refractivity contribution in [2.45, 2.75) is 65.5 Å². The summed E-state index contributed by atoms with van der Waals surface area (Å²) in [6.07, 6.45) is 4.03. The second-order valence-electron chi connectivity index (χ2n) is 8.49. The van der Waals surface area contributed by atoms with E-state index in [0.717, 1.165) is 50.7 Å². The normalized spacial score (nSPS) is 14.3. The minimum atomic E-state index is -1.29. The average Bonchev–Trinajstić information content (AvgIpc) is 2.72. The van der Waals surface area contributed by atoms with Gasteiger partial charge in [-0.15, -0.1) is 0 Å². The number of carbonyl (C=O) groups is 2. The summed E-state index contributed by atoms with van der Waals surface area (Å²) in [5.41, 5.74) is 1.42. The summed E-state index contributed by atoms with van der Waals surface area (Å²) in [4.78, 5) is 50.1. The Balaban J connectivity index is 2.21. The van der Waals surface area contributed by atoms with Gasteiger partial charge in [0.1, 0.15) is 6.54 Å². The zero-order valence-electron chi connectivity index (χ0n) is 18.6. The largest absolute Gasteiger partial charge is 0.494 e. The predicted molar refractivity (Wildman–Crippen MR) is 118 cm³/mol. The van der Waals surface area contributed by atoms with Gasteiger partial charge in [-0.25, -0.2) is 4.79 Å². The highest BCUT2D eigenvalue weighted by Crippen LogP contribution is 2.30. The SMILES string of the molecule is Cc1cc(C)c(Cn2c(=O)c(C(=O)NCC(=O)O)c(O)n(C3CCCCC3)c2=O)c(C)c1. The van der Waals surface area contributed by atoms with Crippen LogP contribution in [0.25, 0.3) is 0 Å². The van der Waals surface area contributed by atoms with Crippen LogP contribution in [0.1, 0.15) is 70.8 Å². The first kappa shape index (κ1) is 23.3. The molecule has 0 spiro atoms. The monoisotopic (exact) mass is 443 g/mol. The van der Waals surface area contributed by atoms with Gasteiger partial charge >= 0.3 is 11.7 Å². The molecule has 2 aromatic rings. The molecule has 1 fully saturated rings. The Hall–Kier alpha value is -3.36. The highest BCUT2D eigenvalue weighted by molar-refractivity contribution is 5.97. The van der Waals surface area contributed by atoms with E-state index in [2.05, 4.69) is 5.32 Å². The third kappa shape index (κ3) is 4.61. The summed E-state index contributed by atoms with van der Waals surface area (Å²) in [5.74, 6) is -3.02. The number of nitrogens with zero attached hydrogens (tertiary/aromatic N) is 2. The topological polar surface area (TPSA) is 131 Å². The van der Waals surface area contributed by atoms with Crippen LogP contribution in [-0.2, 0) is 11.3 Å². The van der Waals surface area contributed by atoms with Gasteiger partial charge in [-0.1, -0.05) is 37.0 Å². The summed E-state index contributed by atoms with van der Waals surface area (Å²) in [5, 5.41) is 21.8. The Kier molecular flexibility index (Phi) is 6.86. The lowest BCUT2D eigenvalue weighted by atomic mass is 9.95. The number of rotatable bonds is 6. The van der Waals surface area contributed by atoms with E-state index in [-0.39, 0.29) is 12.6 Å². The average molecular weight is 444 g/mol. The fourth-order valence-corrected chi connectivity index (χ4v) is 4.53. The molecule has 1 aromatic heterocycles. The molecule has 1 aliphatic carbocycles. The van der Waals surface area contributed by atoms with Gasteiger partial charge in [0.05, 0.1) is 6.54 Å². The maximum atomic E-state index is 13.4. The second kappa shape index (κ2) is 9.42. The van der Waals surface area contributed by atoms with Crippen LogP contribution in [0.3, 0.4) is 0 Å². The molecule has 0 unspecified atom stereocenters. The number of carboxylic acids is 1. The molecule has 1 heterocycles. The number of aryl methyl sites for hydroxylation is 3. The molecule has 1 aromatic carbocycles. The minimum Gasteiger partial charge on any atom is -0.494 e. The van der Waals surface area contributed by atoms with Crippen molar-refractivity contribution in [1.82, 2.24) is 14.5 Å². The third-order valence-electron chi connectivity index (χ3n) is 6.07. The van der Waals surface area contributed by atoms with E-state index < -0.39 is 41.1 Å². The first-order valence-corrected chi connectivity index (χ1v) is 10.8. The lowest BCUT2D eigenvalue weighted by molar-refractivity contribution is -0.135. The van der Waals surface area contributed by atoms with E-state index in [1.807, 2.05) is 32.9 Å². The Bertz CT molecular complexity index is 1150. The van der Waals surface area contributed by atoms with E-state index >= 15 is 0 Å². The molecule has 0 atom stereocenters. The molecule has 0 bridgehead atoms. The number of aliphatic carboxylic acids is 1. The highest BCUT2D eigenvalue weighted by Gasteiger charge is 2.29. The molecule has 172 valence electrons. The van der Waals surface area contributed by atoms with Crippen molar-refractivity contribution in [3.8, 4) is 5.88 Å². The zero-order chi connectivity index (χ0) is 23.6. The van der Waals surface area contributed by atoms with Crippen molar-refractivity contribution in [1.29, 1.82) is 0 Å². The van der Waals surface area contributed by atoms with Crippen LogP contribution in [0, 0.1) is 20.8 Å².